The molecule has 0 radical (unpaired) electrons. The second-order valence-electron chi connectivity index (χ2n) is 4.50. The molecule has 0 heterocycles. The summed E-state index contributed by atoms with van der Waals surface area (Å²) in [4.78, 5) is 34.9. The second-order valence-corrected chi connectivity index (χ2v) is 4.50. The fraction of sp³-hybridized carbons (Fsp3) is 0.438. The van der Waals surface area contributed by atoms with Gasteiger partial charge >= 0.3 is 11.9 Å². The molecule has 1 amide bonds. The molecule has 1 unspecified atom stereocenters. The predicted octanol–water partition coefficient (Wildman–Crippen LogP) is 1.40. The fourth-order valence-electron chi connectivity index (χ4n) is 1.89. The molecule has 120 valence electrons. The number of benzene rings is 1. The summed E-state index contributed by atoms with van der Waals surface area (Å²) in [7, 11) is 0. The van der Waals surface area contributed by atoms with Gasteiger partial charge in [-0.15, -0.1) is 0 Å². The van der Waals surface area contributed by atoms with Crippen LogP contribution in [-0.2, 0) is 23.9 Å². The van der Waals surface area contributed by atoms with E-state index in [2.05, 4.69) is 5.32 Å². The smallest absolute Gasteiger partial charge is 0.315 e. The zero-order valence-electron chi connectivity index (χ0n) is 12.8. The highest BCUT2D eigenvalue weighted by molar-refractivity contribution is 5.94. The molecule has 6 heteroatoms. The van der Waals surface area contributed by atoms with Crippen molar-refractivity contribution in [1.82, 2.24) is 5.32 Å². The third-order valence-corrected chi connectivity index (χ3v) is 2.89. The van der Waals surface area contributed by atoms with E-state index in [1.807, 2.05) is 18.2 Å². The lowest BCUT2D eigenvalue weighted by Gasteiger charge is -2.16. The summed E-state index contributed by atoms with van der Waals surface area (Å²) in [5.74, 6) is -2.09. The third kappa shape index (κ3) is 5.95. The van der Waals surface area contributed by atoms with Crippen LogP contribution in [0.1, 0.15) is 31.7 Å². The van der Waals surface area contributed by atoms with E-state index in [1.165, 1.54) is 0 Å². The van der Waals surface area contributed by atoms with Crippen LogP contribution >= 0.6 is 0 Å². The summed E-state index contributed by atoms with van der Waals surface area (Å²) in [6.45, 7) is 3.95. The Balaban J connectivity index is 2.64. The maximum atomic E-state index is 12.0. The molecule has 1 rings (SSSR count). The highest BCUT2D eigenvalue weighted by Gasteiger charge is 2.23. The largest absolute Gasteiger partial charge is 0.466 e. The van der Waals surface area contributed by atoms with Crippen LogP contribution in [0, 0.1) is 0 Å². The Kier molecular flexibility index (Phi) is 7.67. The molecule has 0 saturated heterocycles. The summed E-state index contributed by atoms with van der Waals surface area (Å²) in [5, 5.41) is 2.57. The third-order valence-electron chi connectivity index (χ3n) is 2.89. The fourth-order valence-corrected chi connectivity index (χ4v) is 1.89. The number of amides is 1. The van der Waals surface area contributed by atoms with E-state index in [0.717, 1.165) is 5.56 Å². The molecular weight excluding hydrogens is 286 g/mol. The van der Waals surface area contributed by atoms with Gasteiger partial charge < -0.3 is 14.8 Å². The van der Waals surface area contributed by atoms with Gasteiger partial charge in [-0.2, -0.15) is 0 Å². The summed E-state index contributed by atoms with van der Waals surface area (Å²) < 4.78 is 9.73. The SMILES string of the molecule is CCOC(=O)CC(=O)NCC(C(=O)OCC)c1ccccc1. The number of carbonyl (C=O) groups excluding carboxylic acids is 3. The van der Waals surface area contributed by atoms with Gasteiger partial charge in [-0.3, -0.25) is 14.4 Å². The summed E-state index contributed by atoms with van der Waals surface area (Å²) in [6, 6.07) is 9.03. The highest BCUT2D eigenvalue weighted by atomic mass is 16.5. The maximum Gasteiger partial charge on any atom is 0.315 e. The lowest BCUT2D eigenvalue weighted by molar-refractivity contribution is -0.145. The molecule has 6 nitrogen and oxygen atoms in total. The number of rotatable bonds is 8. The molecular formula is C16H21NO5. The minimum absolute atomic E-state index is 0.0705. The molecule has 22 heavy (non-hydrogen) atoms. The first-order valence-corrected chi connectivity index (χ1v) is 7.22. The molecule has 0 saturated carbocycles. The zero-order valence-corrected chi connectivity index (χ0v) is 12.8. The van der Waals surface area contributed by atoms with E-state index >= 15 is 0 Å². The second kappa shape index (κ2) is 9.55. The van der Waals surface area contributed by atoms with Gasteiger partial charge in [0.15, 0.2) is 0 Å². The van der Waals surface area contributed by atoms with Crippen molar-refractivity contribution in [1.29, 1.82) is 0 Å². The molecule has 0 fully saturated rings. The van der Waals surface area contributed by atoms with Crippen LogP contribution in [0.2, 0.25) is 0 Å². The van der Waals surface area contributed by atoms with E-state index in [9.17, 15) is 14.4 Å². The lowest BCUT2D eigenvalue weighted by Crippen LogP contribution is -2.33. The van der Waals surface area contributed by atoms with Crippen molar-refractivity contribution < 1.29 is 23.9 Å². The van der Waals surface area contributed by atoms with Crippen molar-refractivity contribution in [2.24, 2.45) is 0 Å². The van der Waals surface area contributed by atoms with E-state index in [-0.39, 0.29) is 26.2 Å². The van der Waals surface area contributed by atoms with E-state index in [4.69, 9.17) is 9.47 Å². The minimum Gasteiger partial charge on any atom is -0.466 e. The van der Waals surface area contributed by atoms with Gasteiger partial charge in [-0.25, -0.2) is 0 Å². The number of hydrogen-bond donors (Lipinski definition) is 1. The van der Waals surface area contributed by atoms with Crippen LogP contribution in [0.3, 0.4) is 0 Å². The van der Waals surface area contributed by atoms with Crippen molar-refractivity contribution in [3.63, 3.8) is 0 Å². The van der Waals surface area contributed by atoms with Crippen LogP contribution in [0.5, 0.6) is 0 Å². The quantitative estimate of drug-likeness (QED) is 0.580. The van der Waals surface area contributed by atoms with E-state index in [1.54, 1.807) is 26.0 Å². The molecule has 1 atom stereocenters. The molecule has 1 N–H and O–H groups in total. The monoisotopic (exact) mass is 307 g/mol. The summed E-state index contributed by atoms with van der Waals surface area (Å²) in [5.41, 5.74) is 0.748. The van der Waals surface area contributed by atoms with Gasteiger partial charge in [0.1, 0.15) is 6.42 Å². The number of nitrogens with one attached hydrogen (secondary N) is 1. The van der Waals surface area contributed by atoms with Gasteiger partial charge in [-0.1, -0.05) is 30.3 Å². The summed E-state index contributed by atoms with van der Waals surface area (Å²) >= 11 is 0. The Morgan fingerprint density at radius 2 is 1.68 bits per heavy atom. The first kappa shape index (κ1) is 17.7. The average Bonchev–Trinajstić information content (AvgIpc) is 2.49. The van der Waals surface area contributed by atoms with Crippen LogP contribution in [0.15, 0.2) is 30.3 Å². The van der Waals surface area contributed by atoms with Gasteiger partial charge in [0.25, 0.3) is 0 Å². The van der Waals surface area contributed by atoms with Crippen molar-refractivity contribution >= 4 is 17.8 Å². The normalized spacial score (nSPS) is 11.4. The van der Waals surface area contributed by atoms with Crippen LogP contribution in [-0.4, -0.2) is 37.6 Å². The number of ether oxygens (including phenoxy) is 2. The Morgan fingerprint density at radius 3 is 2.27 bits per heavy atom. The standard InChI is InChI=1S/C16H21NO5/c1-3-21-15(19)10-14(18)17-11-13(16(20)22-4-2)12-8-6-5-7-9-12/h5-9,13H,3-4,10-11H2,1-2H3,(H,17,18). The Bertz CT molecular complexity index is 501. The molecule has 0 aliphatic carbocycles. The minimum atomic E-state index is -0.604. The van der Waals surface area contributed by atoms with Gasteiger partial charge in [-0.05, 0) is 19.4 Å². The van der Waals surface area contributed by atoms with Crippen molar-refractivity contribution in [2.45, 2.75) is 26.2 Å². The first-order chi connectivity index (χ1) is 10.6. The number of hydrogen-bond acceptors (Lipinski definition) is 5. The Labute approximate surface area is 129 Å². The number of carbonyl (C=O) groups is 3. The molecule has 0 bridgehead atoms. The van der Waals surface area contributed by atoms with Crippen molar-refractivity contribution in [3.05, 3.63) is 35.9 Å². The molecule has 0 aliphatic heterocycles. The molecule has 0 aliphatic rings. The van der Waals surface area contributed by atoms with Crippen molar-refractivity contribution in [2.75, 3.05) is 19.8 Å². The zero-order chi connectivity index (χ0) is 16.4. The maximum absolute atomic E-state index is 12.0. The van der Waals surface area contributed by atoms with E-state index < -0.39 is 23.8 Å². The lowest BCUT2D eigenvalue weighted by atomic mass is 9.99. The van der Waals surface area contributed by atoms with E-state index in [0.29, 0.717) is 0 Å². The van der Waals surface area contributed by atoms with Crippen LogP contribution in [0.4, 0.5) is 0 Å². The first-order valence-electron chi connectivity index (χ1n) is 7.22. The van der Waals surface area contributed by atoms with Gasteiger partial charge in [0, 0.05) is 6.54 Å². The molecule has 1 aromatic carbocycles. The average molecular weight is 307 g/mol. The highest BCUT2D eigenvalue weighted by Crippen LogP contribution is 2.16. The Hall–Kier alpha value is -2.37. The predicted molar refractivity (Wildman–Crippen MR) is 80.1 cm³/mol. The summed E-state index contributed by atoms with van der Waals surface area (Å²) in [6.07, 6.45) is -0.363. The van der Waals surface area contributed by atoms with Gasteiger partial charge in [0.2, 0.25) is 5.91 Å². The number of esters is 2. The topological polar surface area (TPSA) is 81.7 Å². The van der Waals surface area contributed by atoms with Crippen molar-refractivity contribution in [3.8, 4) is 0 Å². The van der Waals surface area contributed by atoms with Crippen LogP contribution in [0.25, 0.3) is 0 Å². The molecule has 0 spiro atoms. The Morgan fingerprint density at radius 1 is 1.05 bits per heavy atom. The molecule has 0 aromatic heterocycles. The van der Waals surface area contributed by atoms with Gasteiger partial charge in [0.05, 0.1) is 19.1 Å². The molecule has 1 aromatic rings. The van der Waals surface area contributed by atoms with Crippen LogP contribution < -0.4 is 5.32 Å².